The summed E-state index contributed by atoms with van der Waals surface area (Å²) in [7, 11) is 0. The number of ether oxygens (including phenoxy) is 2. The van der Waals surface area contributed by atoms with Gasteiger partial charge in [0.15, 0.2) is 6.10 Å². The van der Waals surface area contributed by atoms with Gasteiger partial charge in [0, 0.05) is 37.6 Å². The molecular weight excluding hydrogens is 390 g/mol. The molecule has 2 amide bonds. The molecule has 8 heteroatoms. The summed E-state index contributed by atoms with van der Waals surface area (Å²) in [5, 5.41) is 2.89. The lowest BCUT2D eigenvalue weighted by Crippen LogP contribution is -2.55. The van der Waals surface area contributed by atoms with Crippen LogP contribution in [0.3, 0.4) is 0 Å². The van der Waals surface area contributed by atoms with Crippen LogP contribution in [-0.4, -0.2) is 86.0 Å². The molecule has 2 fully saturated rings. The van der Waals surface area contributed by atoms with Gasteiger partial charge in [0.25, 0.3) is 5.91 Å². The highest BCUT2D eigenvalue weighted by Crippen LogP contribution is 2.20. The molecule has 2 aliphatic heterocycles. The Labute approximate surface area is 177 Å². The van der Waals surface area contributed by atoms with Crippen molar-refractivity contribution in [2.45, 2.75) is 36.8 Å². The summed E-state index contributed by atoms with van der Waals surface area (Å²) in [5.41, 5.74) is 0. The van der Waals surface area contributed by atoms with Crippen LogP contribution in [0.2, 0.25) is 0 Å². The third kappa shape index (κ3) is 6.35. The number of morpholine rings is 1. The lowest BCUT2D eigenvalue weighted by molar-refractivity contribution is -0.140. The second kappa shape index (κ2) is 10.8. The number of nitrogens with zero attached hydrogens (tertiary/aromatic N) is 2. The van der Waals surface area contributed by atoms with Crippen LogP contribution in [0.4, 0.5) is 0 Å². The second-order valence-corrected chi connectivity index (χ2v) is 8.30. The normalized spacial score (nSPS) is 21.7. The fourth-order valence-corrected chi connectivity index (χ4v) is 3.99. The lowest BCUT2D eigenvalue weighted by atomic mass is 10.0. The van der Waals surface area contributed by atoms with Crippen molar-refractivity contribution in [3.63, 3.8) is 0 Å². The average Bonchev–Trinajstić information content (AvgIpc) is 2.75. The van der Waals surface area contributed by atoms with Crippen LogP contribution >= 0.6 is 11.8 Å². The van der Waals surface area contributed by atoms with E-state index < -0.39 is 12.1 Å². The van der Waals surface area contributed by atoms with E-state index >= 15 is 0 Å². The predicted octanol–water partition coefficient (Wildman–Crippen LogP) is 1.62. The van der Waals surface area contributed by atoms with Crippen molar-refractivity contribution in [1.82, 2.24) is 15.1 Å². The average molecular weight is 422 g/mol. The highest BCUT2D eigenvalue weighted by atomic mass is 32.2. The molecule has 0 bridgehead atoms. The minimum atomic E-state index is -0.661. The molecule has 1 aromatic rings. The van der Waals surface area contributed by atoms with E-state index in [1.807, 2.05) is 35.4 Å². The van der Waals surface area contributed by atoms with Crippen molar-refractivity contribution in [2.24, 2.45) is 0 Å². The van der Waals surface area contributed by atoms with E-state index in [1.54, 1.807) is 18.7 Å². The molecule has 1 N–H and O–H groups in total. The smallest absolute Gasteiger partial charge is 0.261 e. The van der Waals surface area contributed by atoms with Crippen LogP contribution in [0.5, 0.6) is 5.75 Å². The maximum absolute atomic E-state index is 12.8. The molecule has 2 atom stereocenters. The van der Waals surface area contributed by atoms with Crippen molar-refractivity contribution in [2.75, 3.05) is 52.2 Å². The number of amides is 2. The topological polar surface area (TPSA) is 71.1 Å². The monoisotopic (exact) mass is 421 g/mol. The van der Waals surface area contributed by atoms with Crippen molar-refractivity contribution in [3.05, 3.63) is 24.3 Å². The molecule has 0 spiro atoms. The Kier molecular flexibility index (Phi) is 8.20. The molecule has 0 radical (unpaired) electrons. The van der Waals surface area contributed by atoms with Crippen molar-refractivity contribution in [1.29, 1.82) is 0 Å². The van der Waals surface area contributed by atoms with Crippen molar-refractivity contribution in [3.8, 4) is 5.75 Å². The molecule has 0 aromatic heterocycles. The number of benzene rings is 1. The molecule has 0 unspecified atom stereocenters. The van der Waals surface area contributed by atoms with Gasteiger partial charge in [-0.2, -0.15) is 0 Å². The largest absolute Gasteiger partial charge is 0.481 e. The summed E-state index contributed by atoms with van der Waals surface area (Å²) in [6.45, 7) is 7.34. The van der Waals surface area contributed by atoms with Crippen LogP contribution in [0.25, 0.3) is 0 Å². The van der Waals surface area contributed by atoms with Gasteiger partial charge in [0.05, 0.1) is 13.2 Å². The van der Waals surface area contributed by atoms with Gasteiger partial charge in [-0.05, 0) is 50.3 Å². The van der Waals surface area contributed by atoms with Crippen LogP contribution in [-0.2, 0) is 14.3 Å². The van der Waals surface area contributed by atoms with Crippen LogP contribution in [0, 0.1) is 0 Å². The van der Waals surface area contributed by atoms with Crippen LogP contribution in [0.15, 0.2) is 29.2 Å². The summed E-state index contributed by atoms with van der Waals surface area (Å²) in [4.78, 5) is 30.7. The van der Waals surface area contributed by atoms with E-state index in [9.17, 15) is 9.59 Å². The van der Waals surface area contributed by atoms with Gasteiger partial charge in [-0.25, -0.2) is 0 Å². The van der Waals surface area contributed by atoms with E-state index in [2.05, 4.69) is 10.2 Å². The van der Waals surface area contributed by atoms with E-state index in [-0.39, 0.29) is 11.8 Å². The highest BCUT2D eigenvalue weighted by molar-refractivity contribution is 7.98. The Morgan fingerprint density at radius 3 is 2.66 bits per heavy atom. The summed E-state index contributed by atoms with van der Waals surface area (Å²) < 4.78 is 11.1. The van der Waals surface area contributed by atoms with Gasteiger partial charge in [0.2, 0.25) is 5.91 Å². The Bertz CT molecular complexity index is 679. The zero-order chi connectivity index (χ0) is 20.6. The Hall–Kier alpha value is -1.77. The van der Waals surface area contributed by atoms with Gasteiger partial charge >= 0.3 is 0 Å². The van der Waals surface area contributed by atoms with E-state index in [4.69, 9.17) is 9.47 Å². The zero-order valence-electron chi connectivity index (χ0n) is 17.3. The number of piperidine rings is 1. The maximum atomic E-state index is 12.8. The summed E-state index contributed by atoms with van der Waals surface area (Å²) in [6, 6.07) is 7.16. The highest BCUT2D eigenvalue weighted by Gasteiger charge is 2.31. The lowest BCUT2D eigenvalue weighted by Gasteiger charge is -2.35. The van der Waals surface area contributed by atoms with Gasteiger partial charge in [0.1, 0.15) is 11.8 Å². The van der Waals surface area contributed by atoms with E-state index in [1.165, 1.54) is 0 Å². The minimum absolute atomic E-state index is 0.00869. The van der Waals surface area contributed by atoms with Gasteiger partial charge in [-0.3, -0.25) is 14.5 Å². The number of hydrogen-bond donors (Lipinski definition) is 1. The first-order chi connectivity index (χ1) is 14.1. The standard InChI is InChI=1S/C21H31N3O4S/c1-16(28-17-5-7-18(29-2)8-6-17)20(25)22-19-4-3-9-24(21(19)26)11-10-23-12-14-27-15-13-23/h5-8,16,19H,3-4,9-15H2,1-2H3,(H,22,25)/t16-,19-/m1/s1. The number of hydrogen-bond acceptors (Lipinski definition) is 6. The predicted molar refractivity (Wildman–Crippen MR) is 113 cm³/mol. The van der Waals surface area contributed by atoms with Crippen LogP contribution in [0.1, 0.15) is 19.8 Å². The molecule has 29 heavy (non-hydrogen) atoms. The maximum Gasteiger partial charge on any atom is 0.261 e. The zero-order valence-corrected chi connectivity index (χ0v) is 18.1. The third-order valence-electron chi connectivity index (χ3n) is 5.38. The molecule has 2 aliphatic rings. The second-order valence-electron chi connectivity index (χ2n) is 7.42. The SMILES string of the molecule is CSc1ccc(O[C@H](C)C(=O)N[C@@H]2CCCN(CCN3CCOCC3)C2=O)cc1. The molecule has 0 aliphatic carbocycles. The minimum Gasteiger partial charge on any atom is -0.481 e. The van der Waals surface area contributed by atoms with Crippen LogP contribution < -0.4 is 10.1 Å². The molecule has 2 heterocycles. The fourth-order valence-electron chi connectivity index (χ4n) is 3.58. The number of thioether (sulfide) groups is 1. The van der Waals surface area contributed by atoms with Crippen molar-refractivity contribution < 1.29 is 19.1 Å². The fraction of sp³-hybridized carbons (Fsp3) is 0.619. The first-order valence-electron chi connectivity index (χ1n) is 10.3. The number of carbonyl (C=O) groups excluding carboxylic acids is 2. The van der Waals surface area contributed by atoms with Gasteiger partial charge in [-0.1, -0.05) is 0 Å². The Morgan fingerprint density at radius 2 is 1.97 bits per heavy atom. The Morgan fingerprint density at radius 1 is 1.24 bits per heavy atom. The third-order valence-corrected chi connectivity index (χ3v) is 6.12. The van der Waals surface area contributed by atoms with Gasteiger partial charge in [-0.15, -0.1) is 11.8 Å². The number of carbonyl (C=O) groups is 2. The van der Waals surface area contributed by atoms with E-state index in [0.29, 0.717) is 18.7 Å². The van der Waals surface area contributed by atoms with E-state index in [0.717, 1.165) is 50.7 Å². The number of nitrogens with one attached hydrogen (secondary N) is 1. The molecule has 160 valence electrons. The molecule has 3 rings (SSSR count). The number of rotatable bonds is 8. The molecule has 0 saturated carbocycles. The van der Waals surface area contributed by atoms with Crippen molar-refractivity contribution >= 4 is 23.6 Å². The first-order valence-corrected chi connectivity index (χ1v) is 11.5. The van der Waals surface area contributed by atoms with Gasteiger partial charge < -0.3 is 19.7 Å². The molecule has 2 saturated heterocycles. The number of likely N-dealkylation sites (tertiary alicyclic amines) is 1. The molecular formula is C21H31N3O4S. The summed E-state index contributed by atoms with van der Waals surface area (Å²) in [5.74, 6) is 0.397. The quantitative estimate of drug-likeness (QED) is 0.643. The summed E-state index contributed by atoms with van der Waals surface area (Å²) in [6.07, 6.45) is 2.92. The molecule has 1 aromatic carbocycles. The molecule has 7 nitrogen and oxygen atoms in total. The summed E-state index contributed by atoms with van der Waals surface area (Å²) >= 11 is 1.65. The Balaban J connectivity index is 1.47. The first kappa shape index (κ1) is 21.9.